The average Bonchev–Trinajstić information content (AvgIpc) is 2.22. The Hall–Kier alpha value is -1.68. The number of nitrogens with two attached hydrogens (primary N) is 1. The van der Waals surface area contributed by atoms with Gasteiger partial charge in [-0.1, -0.05) is 6.08 Å². The Morgan fingerprint density at radius 1 is 1.67 bits per heavy atom. The fourth-order valence-electron chi connectivity index (χ4n) is 1.17. The van der Waals surface area contributed by atoms with Crippen molar-refractivity contribution in [2.45, 2.75) is 6.42 Å². The number of anilines is 1. The first-order valence-corrected chi connectivity index (χ1v) is 4.75. The van der Waals surface area contributed by atoms with E-state index in [1.54, 1.807) is 24.5 Å². The smallest absolute Gasteiger partial charge is 0.151 e. The van der Waals surface area contributed by atoms with Crippen molar-refractivity contribution in [3.63, 3.8) is 0 Å². The largest absolute Gasteiger partial charge is 0.398 e. The van der Waals surface area contributed by atoms with E-state index in [0.29, 0.717) is 25.2 Å². The maximum atomic E-state index is 11.5. The summed E-state index contributed by atoms with van der Waals surface area (Å²) in [7, 11) is 0. The van der Waals surface area contributed by atoms with Crippen LogP contribution in [-0.2, 0) is 11.2 Å². The molecule has 0 unspecified atom stereocenters. The van der Waals surface area contributed by atoms with E-state index in [1.807, 2.05) is 0 Å². The lowest BCUT2D eigenvalue weighted by atomic mass is 10.1. The van der Waals surface area contributed by atoms with E-state index >= 15 is 0 Å². The van der Waals surface area contributed by atoms with Crippen LogP contribution in [0.5, 0.6) is 0 Å². The quantitative estimate of drug-likeness (QED) is 0.525. The maximum absolute atomic E-state index is 11.5. The van der Waals surface area contributed by atoms with Crippen molar-refractivity contribution in [3.8, 4) is 0 Å². The van der Waals surface area contributed by atoms with Gasteiger partial charge in [0, 0.05) is 36.6 Å². The molecule has 0 aliphatic rings. The second-order valence-electron chi connectivity index (χ2n) is 3.21. The van der Waals surface area contributed by atoms with Gasteiger partial charge in [-0.25, -0.2) is 0 Å². The summed E-state index contributed by atoms with van der Waals surface area (Å²) in [6.07, 6.45) is 5.27. The molecule has 1 aromatic rings. The van der Waals surface area contributed by atoms with Crippen molar-refractivity contribution < 1.29 is 4.79 Å². The first-order valence-electron chi connectivity index (χ1n) is 4.75. The second-order valence-corrected chi connectivity index (χ2v) is 3.21. The van der Waals surface area contributed by atoms with E-state index in [1.165, 1.54) is 0 Å². The minimum atomic E-state index is 0.0940. The molecular weight excluding hydrogens is 190 g/mol. The van der Waals surface area contributed by atoms with Gasteiger partial charge in [-0.2, -0.15) is 0 Å². The molecule has 0 aromatic carbocycles. The number of nitrogens with one attached hydrogen (secondary N) is 1. The molecule has 0 radical (unpaired) electrons. The van der Waals surface area contributed by atoms with Crippen LogP contribution in [-0.4, -0.2) is 23.9 Å². The highest BCUT2D eigenvalue weighted by Gasteiger charge is 2.05. The van der Waals surface area contributed by atoms with Gasteiger partial charge in [-0.05, 0) is 6.07 Å². The monoisotopic (exact) mass is 205 g/mol. The Labute approximate surface area is 89.2 Å². The number of Topliss-reactive ketones (excluding diaryl/α,β-unsaturated/α-hetero) is 1. The number of aromatic nitrogens is 1. The molecule has 1 rings (SSSR count). The van der Waals surface area contributed by atoms with E-state index < -0.39 is 0 Å². The number of ketones is 1. The predicted molar refractivity (Wildman–Crippen MR) is 60.4 cm³/mol. The molecule has 0 saturated carbocycles. The molecule has 0 aliphatic heterocycles. The summed E-state index contributed by atoms with van der Waals surface area (Å²) in [6, 6.07) is 1.69. The zero-order valence-electron chi connectivity index (χ0n) is 8.57. The number of carbonyl (C=O) groups is 1. The van der Waals surface area contributed by atoms with Crippen LogP contribution in [0.25, 0.3) is 0 Å². The summed E-state index contributed by atoms with van der Waals surface area (Å²) in [4.78, 5) is 15.4. The number of rotatable bonds is 6. The Morgan fingerprint density at radius 3 is 3.13 bits per heavy atom. The van der Waals surface area contributed by atoms with Crippen LogP contribution in [0.3, 0.4) is 0 Å². The van der Waals surface area contributed by atoms with Gasteiger partial charge in [0.15, 0.2) is 5.78 Å². The average molecular weight is 205 g/mol. The topological polar surface area (TPSA) is 68.0 Å². The molecule has 0 atom stereocenters. The third-order valence-electron chi connectivity index (χ3n) is 1.94. The van der Waals surface area contributed by atoms with Gasteiger partial charge in [-0.15, -0.1) is 6.58 Å². The molecular formula is C11H15N3O. The SMILES string of the molecule is C=CCNCC(=O)Cc1cnccc1N. The van der Waals surface area contributed by atoms with E-state index in [0.717, 1.165) is 5.56 Å². The van der Waals surface area contributed by atoms with Crippen molar-refractivity contribution in [2.75, 3.05) is 18.8 Å². The number of hydrogen-bond donors (Lipinski definition) is 2. The fourth-order valence-corrected chi connectivity index (χ4v) is 1.17. The third-order valence-corrected chi connectivity index (χ3v) is 1.94. The van der Waals surface area contributed by atoms with Crippen LogP contribution >= 0.6 is 0 Å². The fraction of sp³-hybridized carbons (Fsp3) is 0.273. The Balaban J connectivity index is 2.44. The summed E-state index contributed by atoms with van der Waals surface area (Å²) in [5, 5.41) is 2.95. The molecule has 0 amide bonds. The summed E-state index contributed by atoms with van der Waals surface area (Å²) >= 11 is 0. The molecule has 15 heavy (non-hydrogen) atoms. The number of hydrogen-bond acceptors (Lipinski definition) is 4. The minimum absolute atomic E-state index is 0.0940. The molecule has 4 nitrogen and oxygen atoms in total. The van der Waals surface area contributed by atoms with Crippen LogP contribution in [0.2, 0.25) is 0 Å². The molecule has 3 N–H and O–H groups in total. The lowest BCUT2D eigenvalue weighted by Crippen LogP contribution is -2.24. The summed E-state index contributed by atoms with van der Waals surface area (Å²) in [5.74, 6) is 0.0940. The number of nitrogens with zero attached hydrogens (tertiary/aromatic N) is 1. The van der Waals surface area contributed by atoms with Crippen LogP contribution in [0.4, 0.5) is 5.69 Å². The summed E-state index contributed by atoms with van der Waals surface area (Å²) < 4.78 is 0. The van der Waals surface area contributed by atoms with Gasteiger partial charge >= 0.3 is 0 Å². The molecule has 0 bridgehead atoms. The van der Waals surface area contributed by atoms with Crippen molar-refractivity contribution >= 4 is 11.5 Å². The van der Waals surface area contributed by atoms with Gasteiger partial charge in [0.25, 0.3) is 0 Å². The first kappa shape index (κ1) is 11.4. The number of nitrogen functional groups attached to an aromatic ring is 1. The predicted octanol–water partition coefficient (Wildman–Crippen LogP) is 0.551. The van der Waals surface area contributed by atoms with E-state index in [4.69, 9.17) is 5.73 Å². The van der Waals surface area contributed by atoms with Gasteiger partial charge in [0.2, 0.25) is 0 Å². The highest BCUT2D eigenvalue weighted by atomic mass is 16.1. The van der Waals surface area contributed by atoms with Crippen molar-refractivity contribution in [1.29, 1.82) is 0 Å². The van der Waals surface area contributed by atoms with E-state index in [9.17, 15) is 4.79 Å². The second kappa shape index (κ2) is 5.93. The molecule has 0 fully saturated rings. The Kier molecular flexibility index (Phi) is 4.50. The van der Waals surface area contributed by atoms with Gasteiger partial charge in [0.05, 0.1) is 6.54 Å². The third kappa shape index (κ3) is 3.91. The normalized spacial score (nSPS) is 9.87. The standard InChI is InChI=1S/C11H15N3O/c1-2-4-13-8-10(15)6-9-7-14-5-3-11(9)12/h2-3,5,7,13H,1,4,6,8H2,(H2,12,14). The Bertz CT molecular complexity index is 349. The molecule has 1 aromatic heterocycles. The highest BCUT2D eigenvalue weighted by molar-refractivity contribution is 5.83. The van der Waals surface area contributed by atoms with E-state index in [-0.39, 0.29) is 5.78 Å². The van der Waals surface area contributed by atoms with Crippen LogP contribution in [0.15, 0.2) is 31.1 Å². The van der Waals surface area contributed by atoms with Crippen LogP contribution < -0.4 is 11.1 Å². The van der Waals surface area contributed by atoms with Gasteiger partial charge in [-0.3, -0.25) is 9.78 Å². The molecule has 0 spiro atoms. The van der Waals surface area contributed by atoms with Crippen LogP contribution in [0, 0.1) is 0 Å². The zero-order valence-corrected chi connectivity index (χ0v) is 8.57. The van der Waals surface area contributed by atoms with Gasteiger partial charge < -0.3 is 11.1 Å². The molecule has 1 heterocycles. The van der Waals surface area contributed by atoms with Crippen molar-refractivity contribution in [1.82, 2.24) is 10.3 Å². The molecule has 0 saturated heterocycles. The van der Waals surface area contributed by atoms with Crippen molar-refractivity contribution in [2.24, 2.45) is 0 Å². The minimum Gasteiger partial charge on any atom is -0.398 e. The molecule has 80 valence electrons. The molecule has 0 aliphatic carbocycles. The zero-order chi connectivity index (χ0) is 11.1. The first-order chi connectivity index (χ1) is 7.24. The molecule has 4 heteroatoms. The number of pyridine rings is 1. The lowest BCUT2D eigenvalue weighted by Gasteiger charge is -2.04. The maximum Gasteiger partial charge on any atom is 0.151 e. The summed E-state index contributed by atoms with van der Waals surface area (Å²) in [5.41, 5.74) is 7.09. The van der Waals surface area contributed by atoms with Crippen molar-refractivity contribution in [3.05, 3.63) is 36.7 Å². The van der Waals surface area contributed by atoms with E-state index in [2.05, 4.69) is 16.9 Å². The lowest BCUT2D eigenvalue weighted by molar-refractivity contribution is -0.117. The Morgan fingerprint density at radius 2 is 2.47 bits per heavy atom. The van der Waals surface area contributed by atoms with Gasteiger partial charge in [0.1, 0.15) is 0 Å². The summed E-state index contributed by atoms with van der Waals surface area (Å²) in [6.45, 7) is 4.52. The highest BCUT2D eigenvalue weighted by Crippen LogP contribution is 2.09. The number of carbonyl (C=O) groups excluding carboxylic acids is 1. The van der Waals surface area contributed by atoms with Crippen LogP contribution in [0.1, 0.15) is 5.56 Å².